The van der Waals surface area contributed by atoms with Crippen molar-refractivity contribution in [2.45, 2.75) is 25.3 Å². The first-order valence-electron chi connectivity index (χ1n) is 9.12. The van der Waals surface area contributed by atoms with E-state index in [0.29, 0.717) is 0 Å². The van der Waals surface area contributed by atoms with Crippen molar-refractivity contribution in [3.63, 3.8) is 0 Å². The average Bonchev–Trinajstić information content (AvgIpc) is 3.02. The number of alkyl carbamates (subject to hydrolysis) is 1. The van der Waals surface area contributed by atoms with Gasteiger partial charge in [-0.25, -0.2) is 9.59 Å². The van der Waals surface area contributed by atoms with Crippen molar-refractivity contribution < 1.29 is 24.2 Å². The van der Waals surface area contributed by atoms with Gasteiger partial charge in [-0.2, -0.15) is 0 Å². The lowest BCUT2D eigenvalue weighted by molar-refractivity contribution is -0.141. The number of nitrogens with one attached hydrogen (secondary N) is 2. The quantitative estimate of drug-likeness (QED) is 0.682. The smallest absolute Gasteiger partial charge is 0.407 e. The molecular weight excluding hydrogens is 360 g/mol. The van der Waals surface area contributed by atoms with Gasteiger partial charge in [0.05, 0.1) is 0 Å². The number of fused-ring (bicyclic) bond motifs is 3. The van der Waals surface area contributed by atoms with Crippen LogP contribution in [0.3, 0.4) is 0 Å². The van der Waals surface area contributed by atoms with Gasteiger partial charge in [0.2, 0.25) is 5.91 Å². The van der Waals surface area contributed by atoms with Crippen molar-refractivity contribution in [3.8, 4) is 11.1 Å². The fourth-order valence-electron chi connectivity index (χ4n) is 3.39. The molecule has 0 fully saturated rings. The molecule has 0 aliphatic heterocycles. The fraction of sp³-hybridized carbons (Fsp3) is 0.286. The third-order valence-corrected chi connectivity index (χ3v) is 4.78. The predicted molar refractivity (Wildman–Crippen MR) is 103 cm³/mol. The van der Waals surface area contributed by atoms with E-state index in [2.05, 4.69) is 10.6 Å². The van der Waals surface area contributed by atoms with E-state index >= 15 is 0 Å². The summed E-state index contributed by atoms with van der Waals surface area (Å²) in [6.07, 6.45) is -0.466. The van der Waals surface area contributed by atoms with E-state index in [4.69, 9.17) is 9.84 Å². The van der Waals surface area contributed by atoms with Gasteiger partial charge in [-0.3, -0.25) is 4.79 Å². The Labute approximate surface area is 162 Å². The number of rotatable bonds is 7. The Kier molecular flexibility index (Phi) is 5.93. The molecular formula is C21H22N2O5. The van der Waals surface area contributed by atoms with Crippen LogP contribution in [0.25, 0.3) is 11.1 Å². The summed E-state index contributed by atoms with van der Waals surface area (Å²) in [7, 11) is 0. The number of benzene rings is 2. The highest BCUT2D eigenvalue weighted by Gasteiger charge is 2.29. The highest BCUT2D eigenvalue weighted by molar-refractivity contribution is 5.86. The van der Waals surface area contributed by atoms with Crippen LogP contribution < -0.4 is 10.6 Å². The summed E-state index contributed by atoms with van der Waals surface area (Å²) in [5, 5.41) is 13.6. The van der Waals surface area contributed by atoms with Gasteiger partial charge in [-0.1, -0.05) is 55.5 Å². The van der Waals surface area contributed by atoms with Gasteiger partial charge in [0.1, 0.15) is 19.2 Å². The largest absolute Gasteiger partial charge is 0.480 e. The molecule has 2 amide bonds. The highest BCUT2D eigenvalue weighted by Crippen LogP contribution is 2.44. The second kappa shape index (κ2) is 8.56. The molecule has 2 aromatic rings. The van der Waals surface area contributed by atoms with E-state index in [1.165, 1.54) is 0 Å². The van der Waals surface area contributed by atoms with Crippen molar-refractivity contribution in [2.75, 3.05) is 13.2 Å². The molecule has 0 heterocycles. The zero-order valence-electron chi connectivity index (χ0n) is 15.5. The summed E-state index contributed by atoms with van der Waals surface area (Å²) < 4.78 is 5.32. The molecule has 3 N–H and O–H groups in total. The lowest BCUT2D eigenvalue weighted by atomic mass is 9.98. The Bertz CT molecular complexity index is 850. The Balaban J connectivity index is 1.55. The molecule has 3 rings (SSSR count). The van der Waals surface area contributed by atoms with Crippen molar-refractivity contribution in [2.24, 2.45) is 0 Å². The summed E-state index contributed by atoms with van der Waals surface area (Å²) in [5.74, 6) is -1.76. The van der Waals surface area contributed by atoms with Crippen molar-refractivity contribution >= 4 is 18.0 Å². The van der Waals surface area contributed by atoms with Gasteiger partial charge in [0, 0.05) is 5.92 Å². The first-order chi connectivity index (χ1) is 13.5. The van der Waals surface area contributed by atoms with Gasteiger partial charge in [0.25, 0.3) is 0 Å². The summed E-state index contributed by atoms with van der Waals surface area (Å²) in [4.78, 5) is 34.7. The Morgan fingerprint density at radius 3 is 2.14 bits per heavy atom. The second-order valence-electron chi connectivity index (χ2n) is 6.55. The molecule has 7 heteroatoms. The SMILES string of the molecule is CCC(NC(=O)CNC(=O)OCC1c2ccccc2-c2ccccc21)C(=O)O. The van der Waals surface area contributed by atoms with Gasteiger partial charge in [-0.05, 0) is 28.7 Å². The van der Waals surface area contributed by atoms with Crippen molar-refractivity contribution in [3.05, 3.63) is 59.7 Å². The number of carbonyl (C=O) groups is 3. The minimum atomic E-state index is -1.11. The Morgan fingerprint density at radius 2 is 1.61 bits per heavy atom. The number of carboxylic acids is 1. The summed E-state index contributed by atoms with van der Waals surface area (Å²) >= 11 is 0. The average molecular weight is 382 g/mol. The Morgan fingerprint density at radius 1 is 1.04 bits per heavy atom. The van der Waals surface area contributed by atoms with Crippen LogP contribution in [-0.4, -0.2) is 42.3 Å². The van der Waals surface area contributed by atoms with Crippen molar-refractivity contribution in [1.29, 1.82) is 0 Å². The van der Waals surface area contributed by atoms with Crippen molar-refractivity contribution in [1.82, 2.24) is 10.6 Å². The fourth-order valence-corrected chi connectivity index (χ4v) is 3.39. The maximum atomic E-state index is 12.0. The number of amides is 2. The lowest BCUT2D eigenvalue weighted by Gasteiger charge is -2.15. The molecule has 1 unspecified atom stereocenters. The minimum absolute atomic E-state index is 0.0662. The second-order valence-corrected chi connectivity index (χ2v) is 6.55. The number of aliphatic carboxylic acids is 1. The van der Waals surface area contributed by atoms with Crippen LogP contribution in [0, 0.1) is 0 Å². The number of hydrogen-bond donors (Lipinski definition) is 3. The number of ether oxygens (including phenoxy) is 1. The first-order valence-corrected chi connectivity index (χ1v) is 9.12. The summed E-state index contributed by atoms with van der Waals surface area (Å²) in [6.45, 7) is 1.45. The number of hydrogen-bond acceptors (Lipinski definition) is 4. The highest BCUT2D eigenvalue weighted by atomic mass is 16.5. The van der Waals surface area contributed by atoms with E-state index in [-0.39, 0.29) is 25.5 Å². The van der Waals surface area contributed by atoms with E-state index in [0.717, 1.165) is 22.3 Å². The molecule has 146 valence electrons. The molecule has 7 nitrogen and oxygen atoms in total. The van der Waals surface area contributed by atoms with Gasteiger partial charge in [-0.15, -0.1) is 0 Å². The first kappa shape index (κ1) is 19.4. The molecule has 0 aromatic heterocycles. The van der Waals surface area contributed by atoms with Crippen LogP contribution >= 0.6 is 0 Å². The lowest BCUT2D eigenvalue weighted by Crippen LogP contribution is -2.45. The molecule has 0 spiro atoms. The predicted octanol–water partition coefficient (Wildman–Crippen LogP) is 2.50. The maximum Gasteiger partial charge on any atom is 0.407 e. The Hall–Kier alpha value is -3.35. The van der Waals surface area contributed by atoms with Crippen LogP contribution in [-0.2, 0) is 14.3 Å². The van der Waals surface area contributed by atoms with E-state index in [9.17, 15) is 14.4 Å². The summed E-state index contributed by atoms with van der Waals surface area (Å²) in [6, 6.07) is 15.0. The van der Waals surface area contributed by atoms with E-state index < -0.39 is 24.0 Å². The molecule has 2 aromatic carbocycles. The summed E-state index contributed by atoms with van der Waals surface area (Å²) in [5.41, 5.74) is 4.46. The number of carbonyl (C=O) groups excluding carboxylic acids is 2. The van der Waals surface area contributed by atoms with Crippen LogP contribution in [0.5, 0.6) is 0 Å². The molecule has 28 heavy (non-hydrogen) atoms. The van der Waals surface area contributed by atoms with E-state index in [1.54, 1.807) is 6.92 Å². The van der Waals surface area contributed by atoms with E-state index in [1.807, 2.05) is 48.5 Å². The number of carboxylic acid groups (broad SMARTS) is 1. The van der Waals surface area contributed by atoms with Crippen LogP contribution in [0.2, 0.25) is 0 Å². The van der Waals surface area contributed by atoms with Gasteiger partial charge >= 0.3 is 12.1 Å². The molecule has 0 saturated heterocycles. The molecule has 0 bridgehead atoms. The zero-order valence-corrected chi connectivity index (χ0v) is 15.5. The third-order valence-electron chi connectivity index (χ3n) is 4.78. The minimum Gasteiger partial charge on any atom is -0.480 e. The standard InChI is InChI=1S/C21H22N2O5/c1-2-18(20(25)26)23-19(24)11-22-21(27)28-12-17-15-9-5-3-7-13(15)14-8-4-6-10-16(14)17/h3-10,17-18H,2,11-12H2,1H3,(H,22,27)(H,23,24)(H,25,26). The molecule has 1 aliphatic rings. The molecule has 1 atom stereocenters. The molecule has 0 saturated carbocycles. The van der Waals surface area contributed by atoms with Crippen LogP contribution in [0.4, 0.5) is 4.79 Å². The normalized spacial score (nSPS) is 13.2. The van der Waals surface area contributed by atoms with Crippen LogP contribution in [0.1, 0.15) is 30.4 Å². The molecule has 1 aliphatic carbocycles. The van der Waals surface area contributed by atoms with Crippen LogP contribution in [0.15, 0.2) is 48.5 Å². The monoisotopic (exact) mass is 382 g/mol. The third kappa shape index (κ3) is 4.14. The maximum absolute atomic E-state index is 12.0. The van der Waals surface area contributed by atoms with Gasteiger partial charge < -0.3 is 20.5 Å². The molecule has 0 radical (unpaired) electrons. The topological polar surface area (TPSA) is 105 Å². The van der Waals surface area contributed by atoms with Gasteiger partial charge in [0.15, 0.2) is 0 Å². The zero-order chi connectivity index (χ0) is 20.1.